The normalized spacial score (nSPS) is 10.8. The van der Waals surface area contributed by atoms with Crippen LogP contribution < -0.4 is 11.1 Å². The number of para-hydroxylation sites is 1. The Morgan fingerprint density at radius 3 is 2.67 bits per heavy atom. The molecule has 0 unspecified atom stereocenters. The van der Waals surface area contributed by atoms with Crippen LogP contribution in [0.5, 0.6) is 0 Å². The minimum absolute atomic E-state index is 0.0316. The number of nitrogens with one attached hydrogen (secondary N) is 1. The van der Waals surface area contributed by atoms with Gasteiger partial charge in [-0.2, -0.15) is 5.10 Å². The largest absolute Gasteiger partial charge is 0.364 e. The molecule has 0 aliphatic heterocycles. The second-order valence-corrected chi connectivity index (χ2v) is 7.03. The van der Waals surface area contributed by atoms with Crippen molar-refractivity contribution in [1.82, 2.24) is 20.0 Å². The first-order chi connectivity index (χ1) is 14.3. The minimum atomic E-state index is -0.696. The molecule has 0 aliphatic carbocycles. The third kappa shape index (κ3) is 4.57. The highest BCUT2D eigenvalue weighted by atomic mass is 35.5. The van der Waals surface area contributed by atoms with Gasteiger partial charge in [0.2, 0.25) is 11.8 Å². The first-order valence-corrected chi connectivity index (χ1v) is 9.34. The lowest BCUT2D eigenvalue weighted by Crippen LogP contribution is -2.39. The van der Waals surface area contributed by atoms with Gasteiger partial charge in [-0.3, -0.25) is 19.1 Å². The number of primary amides is 1. The van der Waals surface area contributed by atoms with Crippen molar-refractivity contribution in [3.8, 4) is 0 Å². The Balaban J connectivity index is 1.62. The summed E-state index contributed by atoms with van der Waals surface area (Å²) in [6, 6.07) is 11.4. The molecular weight excluding hydrogens is 413 g/mol. The number of aromatic nitrogens is 2. The summed E-state index contributed by atoms with van der Waals surface area (Å²) in [5.41, 5.74) is 6.24. The minimum Gasteiger partial charge on any atom is -0.364 e. The van der Waals surface area contributed by atoms with Gasteiger partial charge >= 0.3 is 0 Å². The van der Waals surface area contributed by atoms with Gasteiger partial charge in [0, 0.05) is 24.5 Å². The van der Waals surface area contributed by atoms with Gasteiger partial charge < -0.3 is 16.0 Å². The second kappa shape index (κ2) is 8.91. The summed E-state index contributed by atoms with van der Waals surface area (Å²) in [7, 11) is 1.46. The fourth-order valence-corrected chi connectivity index (χ4v) is 3.11. The number of carbonyl (C=O) groups excluding carboxylic acids is 3. The molecule has 156 valence electrons. The van der Waals surface area contributed by atoms with Crippen molar-refractivity contribution in [3.63, 3.8) is 0 Å². The number of nitrogens with zero attached hydrogens (tertiary/aromatic N) is 3. The molecule has 3 N–H and O–H groups in total. The van der Waals surface area contributed by atoms with Gasteiger partial charge in [-0.15, -0.1) is 0 Å². The second-order valence-electron chi connectivity index (χ2n) is 6.63. The number of amides is 3. The van der Waals surface area contributed by atoms with Gasteiger partial charge in [-0.05, 0) is 12.1 Å². The van der Waals surface area contributed by atoms with Gasteiger partial charge in [0.05, 0.1) is 17.1 Å². The molecule has 0 saturated carbocycles. The van der Waals surface area contributed by atoms with E-state index in [9.17, 15) is 18.8 Å². The van der Waals surface area contributed by atoms with E-state index < -0.39 is 23.5 Å². The highest BCUT2D eigenvalue weighted by Crippen LogP contribution is 2.19. The van der Waals surface area contributed by atoms with E-state index in [0.29, 0.717) is 10.9 Å². The summed E-state index contributed by atoms with van der Waals surface area (Å²) in [6.07, 6.45) is 0. The van der Waals surface area contributed by atoms with E-state index in [2.05, 4.69) is 10.4 Å². The monoisotopic (exact) mass is 431 g/mol. The van der Waals surface area contributed by atoms with E-state index in [1.54, 1.807) is 30.3 Å². The van der Waals surface area contributed by atoms with Crippen LogP contribution in [0.1, 0.15) is 16.1 Å². The van der Waals surface area contributed by atoms with Gasteiger partial charge in [-0.25, -0.2) is 4.39 Å². The van der Waals surface area contributed by atoms with E-state index in [1.165, 1.54) is 28.8 Å². The standard InChI is InChI=1S/C20H19ClFN5O3/c1-26(10-16(28)24-9-12-5-4-7-14(21)18(12)22)17(29)11-27-15-8-3-2-6-13(15)19(25-27)20(23)30/h2-8H,9-11H2,1H3,(H2,23,30)(H,24,28). The maximum Gasteiger partial charge on any atom is 0.269 e. The van der Waals surface area contributed by atoms with E-state index in [1.807, 2.05) is 0 Å². The van der Waals surface area contributed by atoms with Crippen LogP contribution in [0.3, 0.4) is 0 Å². The molecule has 10 heteroatoms. The van der Waals surface area contributed by atoms with Gasteiger partial charge in [0.1, 0.15) is 12.4 Å². The first-order valence-electron chi connectivity index (χ1n) is 8.97. The van der Waals surface area contributed by atoms with Crippen LogP contribution in [-0.4, -0.2) is 46.0 Å². The zero-order valence-corrected chi connectivity index (χ0v) is 16.8. The molecule has 3 aromatic rings. The number of benzene rings is 2. The molecule has 1 aromatic heterocycles. The van der Waals surface area contributed by atoms with E-state index in [-0.39, 0.29) is 35.9 Å². The number of rotatable bonds is 7. The van der Waals surface area contributed by atoms with Gasteiger partial charge in [-0.1, -0.05) is 41.9 Å². The van der Waals surface area contributed by atoms with Crippen LogP contribution in [-0.2, 0) is 22.7 Å². The summed E-state index contributed by atoms with van der Waals surface area (Å²) in [5.74, 6) is -2.16. The highest BCUT2D eigenvalue weighted by molar-refractivity contribution is 6.30. The zero-order valence-electron chi connectivity index (χ0n) is 16.1. The Hall–Kier alpha value is -3.46. The third-order valence-electron chi connectivity index (χ3n) is 4.49. The lowest BCUT2D eigenvalue weighted by Gasteiger charge is -2.17. The molecule has 0 bridgehead atoms. The topological polar surface area (TPSA) is 110 Å². The number of hydrogen-bond donors (Lipinski definition) is 2. The maximum atomic E-state index is 13.9. The molecular formula is C20H19ClFN5O3. The van der Waals surface area contributed by atoms with E-state index in [4.69, 9.17) is 17.3 Å². The zero-order chi connectivity index (χ0) is 21.8. The molecule has 0 aliphatic rings. The van der Waals surface area contributed by atoms with Crippen LogP contribution >= 0.6 is 11.6 Å². The van der Waals surface area contributed by atoms with Crippen LogP contribution in [0.4, 0.5) is 4.39 Å². The van der Waals surface area contributed by atoms with Crippen molar-refractivity contribution in [2.75, 3.05) is 13.6 Å². The number of halogens is 2. The van der Waals surface area contributed by atoms with E-state index >= 15 is 0 Å². The number of carbonyl (C=O) groups is 3. The molecule has 0 radical (unpaired) electrons. The Kier molecular flexibility index (Phi) is 6.31. The molecule has 8 nitrogen and oxygen atoms in total. The van der Waals surface area contributed by atoms with Crippen molar-refractivity contribution < 1.29 is 18.8 Å². The first kappa shape index (κ1) is 21.3. The fourth-order valence-electron chi connectivity index (χ4n) is 2.92. The molecule has 3 rings (SSSR count). The predicted octanol–water partition coefficient (Wildman–Crippen LogP) is 1.70. The van der Waals surface area contributed by atoms with Crippen molar-refractivity contribution in [2.24, 2.45) is 5.73 Å². The van der Waals surface area contributed by atoms with Gasteiger partial charge in [0.15, 0.2) is 5.69 Å². The quantitative estimate of drug-likeness (QED) is 0.593. The molecule has 30 heavy (non-hydrogen) atoms. The van der Waals surface area contributed by atoms with Crippen LogP contribution in [0, 0.1) is 5.82 Å². The SMILES string of the molecule is CN(CC(=O)NCc1cccc(Cl)c1F)C(=O)Cn1nc(C(N)=O)c2ccccc21. The lowest BCUT2D eigenvalue weighted by molar-refractivity contribution is -0.135. The van der Waals surface area contributed by atoms with Crippen LogP contribution in [0.25, 0.3) is 10.9 Å². The van der Waals surface area contributed by atoms with Gasteiger partial charge in [0.25, 0.3) is 5.91 Å². The number of likely N-dealkylation sites (N-methyl/N-ethyl adjacent to an activating group) is 1. The molecule has 2 aromatic carbocycles. The Labute approximate surface area is 176 Å². The maximum absolute atomic E-state index is 13.9. The van der Waals surface area contributed by atoms with E-state index in [0.717, 1.165) is 0 Å². The molecule has 0 spiro atoms. The van der Waals surface area contributed by atoms with Crippen molar-refractivity contribution in [2.45, 2.75) is 13.1 Å². The summed E-state index contributed by atoms with van der Waals surface area (Å²) >= 11 is 5.72. The molecule has 0 fully saturated rings. The summed E-state index contributed by atoms with van der Waals surface area (Å²) in [4.78, 5) is 37.5. The predicted molar refractivity (Wildman–Crippen MR) is 109 cm³/mol. The summed E-state index contributed by atoms with van der Waals surface area (Å²) in [5, 5.41) is 7.19. The fraction of sp³-hybridized carbons (Fsp3) is 0.200. The number of hydrogen-bond acceptors (Lipinski definition) is 4. The summed E-state index contributed by atoms with van der Waals surface area (Å²) < 4.78 is 15.2. The lowest BCUT2D eigenvalue weighted by atomic mass is 10.2. The number of fused-ring (bicyclic) bond motifs is 1. The van der Waals surface area contributed by atoms with Crippen molar-refractivity contribution in [1.29, 1.82) is 0 Å². The third-order valence-corrected chi connectivity index (χ3v) is 4.78. The highest BCUT2D eigenvalue weighted by Gasteiger charge is 2.19. The summed E-state index contributed by atoms with van der Waals surface area (Å²) in [6.45, 7) is -0.470. The number of nitrogens with two attached hydrogens (primary N) is 1. The van der Waals surface area contributed by atoms with Crippen LogP contribution in [0.2, 0.25) is 5.02 Å². The molecule has 3 amide bonds. The Morgan fingerprint density at radius 1 is 1.20 bits per heavy atom. The molecule has 0 saturated heterocycles. The average Bonchev–Trinajstić information content (AvgIpc) is 3.08. The van der Waals surface area contributed by atoms with Crippen molar-refractivity contribution >= 4 is 40.2 Å². The molecule has 1 heterocycles. The van der Waals surface area contributed by atoms with Crippen LogP contribution in [0.15, 0.2) is 42.5 Å². The average molecular weight is 432 g/mol. The Morgan fingerprint density at radius 2 is 1.93 bits per heavy atom. The smallest absolute Gasteiger partial charge is 0.269 e. The van der Waals surface area contributed by atoms with Crippen molar-refractivity contribution in [3.05, 3.63) is 64.6 Å². The Bertz CT molecular complexity index is 1130. The molecule has 0 atom stereocenters.